The highest BCUT2D eigenvalue weighted by Gasteiger charge is 2.28. The zero-order valence-corrected chi connectivity index (χ0v) is 18.4. The van der Waals surface area contributed by atoms with Gasteiger partial charge in [0.25, 0.3) is 15.9 Å². The number of hydrogen-bond donors (Lipinski definition) is 1. The Labute approximate surface area is 186 Å². The number of carbonyl (C=O) groups is 1. The minimum atomic E-state index is -3.78. The first-order chi connectivity index (χ1) is 14.8. The van der Waals surface area contributed by atoms with E-state index in [0.29, 0.717) is 29.5 Å². The number of ether oxygens (including phenoxy) is 1. The average molecular weight is 457 g/mol. The van der Waals surface area contributed by atoms with Gasteiger partial charge in [-0.3, -0.25) is 9.52 Å². The Morgan fingerprint density at radius 2 is 1.77 bits per heavy atom. The molecule has 3 aromatic carbocycles. The molecule has 8 heteroatoms. The molecule has 3 aromatic rings. The second-order valence-corrected chi connectivity index (χ2v) is 9.44. The third kappa shape index (κ3) is 4.84. The minimum absolute atomic E-state index is 0.109. The molecule has 0 spiro atoms. The van der Waals surface area contributed by atoms with Crippen LogP contribution in [0.2, 0.25) is 5.02 Å². The van der Waals surface area contributed by atoms with Crippen LogP contribution in [0.15, 0.2) is 77.7 Å². The van der Waals surface area contributed by atoms with Crippen molar-refractivity contribution in [2.24, 2.45) is 0 Å². The van der Waals surface area contributed by atoms with Crippen LogP contribution < -0.4 is 9.46 Å². The van der Waals surface area contributed by atoms with Crippen molar-refractivity contribution in [3.05, 3.63) is 88.9 Å². The van der Waals surface area contributed by atoms with Gasteiger partial charge in [0.2, 0.25) is 0 Å². The van der Waals surface area contributed by atoms with E-state index < -0.39 is 16.1 Å². The molecule has 0 aromatic heterocycles. The van der Waals surface area contributed by atoms with Crippen LogP contribution in [0, 0.1) is 0 Å². The summed E-state index contributed by atoms with van der Waals surface area (Å²) >= 11 is 5.85. The second kappa shape index (κ2) is 8.61. The van der Waals surface area contributed by atoms with Crippen LogP contribution in [-0.2, 0) is 27.9 Å². The van der Waals surface area contributed by atoms with E-state index in [4.69, 9.17) is 16.3 Å². The zero-order chi connectivity index (χ0) is 22.0. The first-order valence-corrected chi connectivity index (χ1v) is 11.6. The summed E-state index contributed by atoms with van der Waals surface area (Å²) in [5.74, 6) is 0.439. The predicted octanol–water partition coefficient (Wildman–Crippen LogP) is 4.45. The summed E-state index contributed by atoms with van der Waals surface area (Å²) in [5.41, 5.74) is 2.12. The van der Waals surface area contributed by atoms with Gasteiger partial charge in [-0.2, -0.15) is 0 Å². The fourth-order valence-electron chi connectivity index (χ4n) is 3.43. The Morgan fingerprint density at radius 1 is 1.06 bits per heavy atom. The average Bonchev–Trinajstić information content (AvgIpc) is 2.85. The van der Waals surface area contributed by atoms with Crippen LogP contribution in [0.5, 0.6) is 5.75 Å². The summed E-state index contributed by atoms with van der Waals surface area (Å²) in [5, 5.41) is 0.457. The van der Waals surface area contributed by atoms with Gasteiger partial charge in [-0.1, -0.05) is 41.9 Å². The van der Waals surface area contributed by atoms with Crippen LogP contribution in [0.4, 0.5) is 5.69 Å². The number of nitrogens with zero attached hydrogens (tertiary/aromatic N) is 1. The molecule has 1 heterocycles. The molecular weight excluding hydrogens is 436 g/mol. The number of anilines is 1. The zero-order valence-electron chi connectivity index (χ0n) is 16.8. The summed E-state index contributed by atoms with van der Waals surface area (Å²) in [4.78, 5) is 14.6. The van der Waals surface area contributed by atoms with Gasteiger partial charge in [-0.25, -0.2) is 8.42 Å². The van der Waals surface area contributed by atoms with Crippen molar-refractivity contribution >= 4 is 33.2 Å². The Bertz CT molecular complexity index is 1200. The molecule has 0 aliphatic carbocycles. The van der Waals surface area contributed by atoms with E-state index in [0.717, 1.165) is 11.1 Å². The van der Waals surface area contributed by atoms with Crippen LogP contribution in [0.25, 0.3) is 0 Å². The number of fused-ring (bicyclic) bond motifs is 1. The Morgan fingerprint density at radius 3 is 2.48 bits per heavy atom. The van der Waals surface area contributed by atoms with Crippen molar-refractivity contribution < 1.29 is 17.9 Å². The molecule has 160 valence electrons. The quantitative estimate of drug-likeness (QED) is 0.615. The smallest absolute Gasteiger partial charge is 0.263 e. The van der Waals surface area contributed by atoms with Gasteiger partial charge in [0.05, 0.1) is 4.90 Å². The lowest BCUT2D eigenvalue weighted by atomic mass is 10.1. The highest BCUT2D eigenvalue weighted by molar-refractivity contribution is 7.92. The van der Waals surface area contributed by atoms with Gasteiger partial charge in [0.1, 0.15) is 5.75 Å². The Kier molecular flexibility index (Phi) is 5.89. The van der Waals surface area contributed by atoms with E-state index in [1.54, 1.807) is 30.0 Å². The number of amides is 1. The lowest BCUT2D eigenvalue weighted by Crippen LogP contribution is -2.37. The molecule has 0 fully saturated rings. The Balaban J connectivity index is 1.60. The molecule has 0 unspecified atom stereocenters. The lowest BCUT2D eigenvalue weighted by molar-refractivity contribution is -0.138. The van der Waals surface area contributed by atoms with Crippen molar-refractivity contribution in [1.82, 2.24) is 4.90 Å². The van der Waals surface area contributed by atoms with Gasteiger partial charge in [0, 0.05) is 29.4 Å². The maximum Gasteiger partial charge on any atom is 0.263 e. The molecule has 0 saturated carbocycles. The van der Waals surface area contributed by atoms with Crippen molar-refractivity contribution in [2.45, 2.75) is 31.0 Å². The van der Waals surface area contributed by atoms with Gasteiger partial charge in [-0.15, -0.1) is 0 Å². The predicted molar refractivity (Wildman–Crippen MR) is 119 cm³/mol. The van der Waals surface area contributed by atoms with Crippen LogP contribution in [0.3, 0.4) is 0 Å². The summed E-state index contributed by atoms with van der Waals surface area (Å²) in [6, 6.07) is 20.6. The summed E-state index contributed by atoms with van der Waals surface area (Å²) in [6.07, 6.45) is -0.637. The summed E-state index contributed by atoms with van der Waals surface area (Å²) in [6.45, 7) is 2.46. The molecule has 1 aliphatic rings. The lowest BCUT2D eigenvalue weighted by Gasteiger charge is -2.22. The van der Waals surface area contributed by atoms with Gasteiger partial charge in [0.15, 0.2) is 6.10 Å². The SMILES string of the molecule is C[C@H]1Oc2ccc(NS(=O)(=O)c3ccc(Cl)cc3)cc2CN(Cc2ccccc2)C1=O. The van der Waals surface area contributed by atoms with Crippen molar-refractivity contribution in [2.75, 3.05) is 4.72 Å². The van der Waals surface area contributed by atoms with Crippen LogP contribution in [0.1, 0.15) is 18.1 Å². The number of sulfonamides is 1. The standard InChI is InChI=1S/C23H21ClN2O4S/c1-16-23(27)26(14-17-5-3-2-4-6-17)15-18-13-20(9-12-22(18)30-16)25-31(28,29)21-10-7-19(24)8-11-21/h2-13,16,25H,14-15H2,1H3/t16-/m1/s1. The minimum Gasteiger partial charge on any atom is -0.481 e. The molecule has 1 amide bonds. The fourth-order valence-corrected chi connectivity index (χ4v) is 4.60. The number of hydrogen-bond acceptors (Lipinski definition) is 4. The highest BCUT2D eigenvalue weighted by Crippen LogP contribution is 2.30. The van der Waals surface area contributed by atoms with E-state index in [1.807, 2.05) is 30.3 Å². The second-order valence-electron chi connectivity index (χ2n) is 7.32. The summed E-state index contributed by atoms with van der Waals surface area (Å²) in [7, 11) is -3.78. The fraction of sp³-hybridized carbons (Fsp3) is 0.174. The van der Waals surface area contributed by atoms with E-state index in [2.05, 4.69) is 4.72 Å². The monoisotopic (exact) mass is 456 g/mol. The van der Waals surface area contributed by atoms with Crippen molar-refractivity contribution in [1.29, 1.82) is 0 Å². The third-order valence-electron chi connectivity index (χ3n) is 4.98. The van der Waals surface area contributed by atoms with Gasteiger partial charge in [-0.05, 0) is 55.0 Å². The molecule has 1 aliphatic heterocycles. The molecular formula is C23H21ClN2O4S. The van der Waals surface area contributed by atoms with E-state index in [9.17, 15) is 13.2 Å². The largest absolute Gasteiger partial charge is 0.481 e. The number of carbonyl (C=O) groups excluding carboxylic acids is 1. The molecule has 0 saturated heterocycles. The highest BCUT2D eigenvalue weighted by atomic mass is 35.5. The first kappa shape index (κ1) is 21.2. The third-order valence-corrected chi connectivity index (χ3v) is 6.63. The molecule has 1 atom stereocenters. The molecule has 4 rings (SSSR count). The number of nitrogens with one attached hydrogen (secondary N) is 1. The van der Waals surface area contributed by atoms with Gasteiger partial charge >= 0.3 is 0 Å². The number of rotatable bonds is 5. The van der Waals surface area contributed by atoms with E-state index in [-0.39, 0.29) is 10.8 Å². The van der Waals surface area contributed by atoms with Crippen LogP contribution >= 0.6 is 11.6 Å². The maximum absolute atomic E-state index is 12.8. The molecule has 6 nitrogen and oxygen atoms in total. The maximum atomic E-state index is 12.8. The van der Waals surface area contributed by atoms with E-state index >= 15 is 0 Å². The molecule has 31 heavy (non-hydrogen) atoms. The topological polar surface area (TPSA) is 75.7 Å². The summed E-state index contributed by atoms with van der Waals surface area (Å²) < 4.78 is 33.8. The molecule has 0 bridgehead atoms. The first-order valence-electron chi connectivity index (χ1n) is 9.72. The number of benzene rings is 3. The van der Waals surface area contributed by atoms with Gasteiger partial charge < -0.3 is 9.64 Å². The van der Waals surface area contributed by atoms with Crippen molar-refractivity contribution in [3.63, 3.8) is 0 Å². The van der Waals surface area contributed by atoms with Crippen LogP contribution in [-0.4, -0.2) is 25.3 Å². The molecule has 0 radical (unpaired) electrons. The Hall–Kier alpha value is -3.03. The number of halogens is 1. The van der Waals surface area contributed by atoms with Crippen molar-refractivity contribution in [3.8, 4) is 5.75 Å². The normalized spacial score (nSPS) is 16.3. The molecule has 1 N–H and O–H groups in total. The van der Waals surface area contributed by atoms with E-state index in [1.165, 1.54) is 24.3 Å².